The van der Waals surface area contributed by atoms with E-state index in [1.54, 1.807) is 0 Å². The van der Waals surface area contributed by atoms with Crippen molar-refractivity contribution in [3.05, 3.63) is 82.5 Å². The molecular formula is C48H56O27. The minimum absolute atomic E-state index is 0.00746. The number of phenols is 3. The number of hydrogen-bond donors (Lipinski definition) is 15. The van der Waals surface area contributed by atoms with Crippen molar-refractivity contribution >= 4 is 23.0 Å². The highest BCUT2D eigenvalue weighted by Crippen LogP contribution is 2.40. The Balaban J connectivity index is 1.17. The van der Waals surface area contributed by atoms with E-state index in [9.17, 15) is 86.2 Å². The number of aliphatic hydroxyl groups excluding tert-OH is 12. The zero-order valence-corrected chi connectivity index (χ0v) is 39.2. The Labute approximate surface area is 422 Å². The fourth-order valence-electron chi connectivity index (χ4n) is 8.74. The summed E-state index contributed by atoms with van der Waals surface area (Å²) in [6.07, 6.45) is -34.2. The maximum Gasteiger partial charge on any atom is 0.331 e. The molecule has 15 N–H and O–H groups in total. The van der Waals surface area contributed by atoms with Gasteiger partial charge in [0.1, 0.15) is 113 Å². The minimum Gasteiger partial charge on any atom is -0.508 e. The van der Waals surface area contributed by atoms with E-state index in [4.69, 9.17) is 47.0 Å². The fraction of sp³-hybridized carbons (Fsp3) is 0.500. The third kappa shape index (κ3) is 11.6. The van der Waals surface area contributed by atoms with Gasteiger partial charge in [0, 0.05) is 23.8 Å². The predicted molar refractivity (Wildman–Crippen MR) is 245 cm³/mol. The van der Waals surface area contributed by atoms with Crippen LogP contribution in [0.5, 0.6) is 28.7 Å². The Morgan fingerprint density at radius 2 is 1.09 bits per heavy atom. The van der Waals surface area contributed by atoms with Crippen LogP contribution >= 0.6 is 0 Å². The van der Waals surface area contributed by atoms with Gasteiger partial charge in [-0.15, -0.1) is 0 Å². The van der Waals surface area contributed by atoms with Gasteiger partial charge in [0.2, 0.25) is 23.8 Å². The maximum absolute atomic E-state index is 14.7. The summed E-state index contributed by atoms with van der Waals surface area (Å²) in [6, 6.07) is 12.4. The molecule has 1 aromatic heterocycles. The van der Waals surface area contributed by atoms with Gasteiger partial charge in [-0.2, -0.15) is 0 Å². The zero-order chi connectivity index (χ0) is 54.2. The fourth-order valence-corrected chi connectivity index (χ4v) is 8.74. The second-order valence-electron chi connectivity index (χ2n) is 18.0. The second kappa shape index (κ2) is 23.3. The molecule has 4 aliphatic heterocycles. The van der Waals surface area contributed by atoms with Crippen LogP contribution in [0.3, 0.4) is 0 Å². The number of aliphatic hydroxyl groups is 12. The first kappa shape index (κ1) is 55.6. The summed E-state index contributed by atoms with van der Waals surface area (Å²) in [5.74, 6) is -4.02. The molecule has 4 saturated heterocycles. The van der Waals surface area contributed by atoms with E-state index in [0.717, 1.165) is 18.2 Å². The van der Waals surface area contributed by atoms with Crippen LogP contribution in [0.1, 0.15) is 12.5 Å². The Morgan fingerprint density at radius 1 is 0.573 bits per heavy atom. The third-order valence-corrected chi connectivity index (χ3v) is 12.9. The molecule has 4 aromatic rings. The summed E-state index contributed by atoms with van der Waals surface area (Å²) >= 11 is 0. The van der Waals surface area contributed by atoms with E-state index in [2.05, 4.69) is 0 Å². The monoisotopic (exact) mass is 1060 g/mol. The quantitative estimate of drug-likeness (QED) is 0.0397. The van der Waals surface area contributed by atoms with Crippen LogP contribution in [0.15, 0.2) is 76.0 Å². The molecule has 5 heterocycles. The highest BCUT2D eigenvalue weighted by molar-refractivity contribution is 5.89. The molecule has 9 unspecified atom stereocenters. The lowest BCUT2D eigenvalue weighted by Gasteiger charge is -2.46. The topological polar surface area (TPSA) is 434 Å². The number of benzene rings is 3. The van der Waals surface area contributed by atoms with Crippen LogP contribution in [0.2, 0.25) is 0 Å². The number of phenolic OH excluding ortho intramolecular Hbond substituents is 3. The first-order valence-corrected chi connectivity index (χ1v) is 23.3. The van der Waals surface area contributed by atoms with Crippen LogP contribution in [-0.2, 0) is 38.0 Å². The van der Waals surface area contributed by atoms with Gasteiger partial charge in [-0.1, -0.05) is 12.1 Å². The van der Waals surface area contributed by atoms with Crippen molar-refractivity contribution in [2.75, 3.05) is 19.8 Å². The Hall–Kier alpha value is -5.64. The molecule has 0 amide bonds. The number of ether oxygens (including phenoxy) is 9. The number of rotatable bonds is 15. The van der Waals surface area contributed by atoms with E-state index in [-0.39, 0.29) is 17.1 Å². The summed E-state index contributed by atoms with van der Waals surface area (Å²) in [7, 11) is 0. The summed E-state index contributed by atoms with van der Waals surface area (Å²) in [5.41, 5.74) is -1.21. The molecule has 20 atom stereocenters. The molecule has 3 aromatic carbocycles. The van der Waals surface area contributed by atoms with Crippen molar-refractivity contribution in [3.8, 4) is 40.1 Å². The standard InChI is InChI=1S/C48H56O27/c1-17-30(56)35(61)38(64)45(66-17)75-43-37(63)32(58)26(15-50)70-47(43)74-42-34(60)29-23(54)12-22(13-24(29)68-40(42)19-5-9-21(53)10-6-19)67-48-44(72-28(55)11-4-18-2-7-20(52)8-3-18)41(33(59)27(16-51)71-48)73-46-39(65)36(62)31(57)25(14-49)69-46/h2-13,17,25-27,30-33,35-39,41,43-54,56-59,61-65H,14-16H2,1H3/b11-4+/t17?,25?,26?,27?,30-,31+,32-,33-,35?,36-,37?,38-,39?,41-,43?,44?,45-,46-,47-,48+/m0/s1. The normalized spacial score (nSPS) is 36.3. The zero-order valence-electron chi connectivity index (χ0n) is 39.2. The number of hydrogen-bond acceptors (Lipinski definition) is 27. The van der Waals surface area contributed by atoms with Gasteiger partial charge in [0.25, 0.3) is 0 Å². The number of fused-ring (bicyclic) bond motifs is 1. The molecule has 0 aliphatic carbocycles. The lowest BCUT2D eigenvalue weighted by atomic mass is 9.96. The summed E-state index contributed by atoms with van der Waals surface area (Å²) in [5, 5.41) is 158. The first-order chi connectivity index (χ1) is 35.7. The SMILES string of the molecule is CC1O[C@@H](OC2C(O)[C@@H](O)C(CO)O[C@H]2Oc2c(-c3ccc(O)cc3)oc3cc(O[C@@H]4OC(CO)[C@H](O)[C@H](O[C@@H]5OC(CO)[C@@H](O)[C@H](O)C5O)C4OC(=O)/C=C/c4ccc(O)cc4)cc(O)c3c2=O)[C@@H](O)C(O)[C@H]1O. The molecule has 0 bridgehead atoms. The molecule has 410 valence electrons. The van der Waals surface area contributed by atoms with Crippen molar-refractivity contribution in [2.45, 2.75) is 130 Å². The van der Waals surface area contributed by atoms with E-state index in [0.29, 0.717) is 5.56 Å². The molecule has 75 heavy (non-hydrogen) atoms. The van der Waals surface area contributed by atoms with Crippen molar-refractivity contribution in [3.63, 3.8) is 0 Å². The van der Waals surface area contributed by atoms with Gasteiger partial charge >= 0.3 is 5.97 Å². The molecule has 27 nitrogen and oxygen atoms in total. The van der Waals surface area contributed by atoms with Crippen LogP contribution in [0.4, 0.5) is 0 Å². The maximum atomic E-state index is 14.7. The van der Waals surface area contributed by atoms with Gasteiger partial charge in [0.05, 0.1) is 25.9 Å². The van der Waals surface area contributed by atoms with Crippen molar-refractivity contribution in [1.29, 1.82) is 0 Å². The largest absolute Gasteiger partial charge is 0.508 e. The average molecular weight is 1060 g/mol. The number of carbonyl (C=O) groups is 1. The summed E-state index contributed by atoms with van der Waals surface area (Å²) in [6.45, 7) is -1.42. The average Bonchev–Trinajstić information content (AvgIpc) is 3.39. The summed E-state index contributed by atoms with van der Waals surface area (Å²) < 4.78 is 58.4. The number of aromatic hydroxyl groups is 3. The predicted octanol–water partition coefficient (Wildman–Crippen LogP) is -4.13. The minimum atomic E-state index is -2.05. The van der Waals surface area contributed by atoms with Gasteiger partial charge in [-0.3, -0.25) is 4.79 Å². The van der Waals surface area contributed by atoms with Crippen LogP contribution in [-0.4, -0.2) is 225 Å². The third-order valence-electron chi connectivity index (χ3n) is 12.9. The molecule has 8 rings (SSSR count). The van der Waals surface area contributed by atoms with Crippen LogP contribution in [0, 0.1) is 0 Å². The molecule has 4 fully saturated rings. The molecule has 4 aliphatic rings. The van der Waals surface area contributed by atoms with Crippen LogP contribution in [0.25, 0.3) is 28.4 Å². The van der Waals surface area contributed by atoms with E-state index in [1.807, 2.05) is 0 Å². The van der Waals surface area contributed by atoms with Gasteiger partial charge < -0.3 is 124 Å². The number of esters is 1. The molecule has 0 spiro atoms. The Morgan fingerprint density at radius 3 is 1.71 bits per heavy atom. The molecule has 0 radical (unpaired) electrons. The highest BCUT2D eigenvalue weighted by atomic mass is 16.8. The second-order valence-corrected chi connectivity index (χ2v) is 18.0. The Bertz CT molecular complexity index is 2660. The molecule has 0 saturated carbocycles. The van der Waals surface area contributed by atoms with E-state index in [1.165, 1.54) is 61.5 Å². The molecule has 27 heteroatoms. The van der Waals surface area contributed by atoms with E-state index >= 15 is 0 Å². The lowest BCUT2D eigenvalue weighted by Crippen LogP contribution is -2.65. The number of carbonyl (C=O) groups excluding carboxylic acids is 1. The molecular weight excluding hydrogens is 1010 g/mol. The lowest BCUT2D eigenvalue weighted by molar-refractivity contribution is -0.354. The van der Waals surface area contributed by atoms with Gasteiger partial charge in [-0.05, 0) is 55.0 Å². The van der Waals surface area contributed by atoms with Gasteiger partial charge in [0.15, 0.2) is 30.5 Å². The summed E-state index contributed by atoms with van der Waals surface area (Å²) in [4.78, 5) is 28.2. The highest BCUT2D eigenvalue weighted by Gasteiger charge is 2.54. The first-order valence-electron chi connectivity index (χ1n) is 23.3. The smallest absolute Gasteiger partial charge is 0.331 e. The van der Waals surface area contributed by atoms with Crippen molar-refractivity contribution in [2.24, 2.45) is 0 Å². The van der Waals surface area contributed by atoms with Gasteiger partial charge in [-0.25, -0.2) is 4.79 Å². The van der Waals surface area contributed by atoms with Crippen molar-refractivity contribution < 1.29 is 128 Å². The van der Waals surface area contributed by atoms with Crippen molar-refractivity contribution in [1.82, 2.24) is 0 Å². The Kier molecular flexibility index (Phi) is 17.3. The van der Waals surface area contributed by atoms with Crippen LogP contribution < -0.4 is 14.9 Å². The van der Waals surface area contributed by atoms with E-state index < -0.39 is 188 Å².